The number of hydrogen-bond donors (Lipinski definition) is 1. The quantitative estimate of drug-likeness (QED) is 0.900. The Morgan fingerprint density at radius 2 is 1.75 bits per heavy atom. The van der Waals surface area contributed by atoms with Crippen molar-refractivity contribution in [2.24, 2.45) is 0 Å². The van der Waals surface area contributed by atoms with E-state index in [1.807, 2.05) is 23.6 Å². The molecule has 1 heterocycles. The van der Waals surface area contributed by atoms with Crippen LogP contribution in [0.4, 0.5) is 4.79 Å². The number of urea groups is 1. The van der Waals surface area contributed by atoms with E-state index in [0.29, 0.717) is 18.7 Å². The lowest BCUT2D eigenvalue weighted by molar-refractivity contribution is 0.0911. The van der Waals surface area contributed by atoms with E-state index in [4.69, 9.17) is 4.74 Å². The topological polar surface area (TPSA) is 61.9 Å². The second-order valence-corrected chi connectivity index (χ2v) is 5.92. The first kappa shape index (κ1) is 18.1. The maximum atomic E-state index is 12.3. The van der Waals surface area contributed by atoms with Gasteiger partial charge in [-0.2, -0.15) is 0 Å². The van der Waals surface area contributed by atoms with Crippen LogP contribution in [-0.2, 0) is 0 Å². The van der Waals surface area contributed by atoms with E-state index in [1.54, 1.807) is 31.4 Å². The Morgan fingerprint density at radius 1 is 1.17 bits per heavy atom. The molecule has 0 spiro atoms. The predicted octanol–water partition coefficient (Wildman–Crippen LogP) is 2.35. The van der Waals surface area contributed by atoms with Gasteiger partial charge in [-0.05, 0) is 51.0 Å². The van der Waals surface area contributed by atoms with Crippen molar-refractivity contribution in [1.82, 2.24) is 15.1 Å². The second-order valence-electron chi connectivity index (χ2n) is 5.92. The van der Waals surface area contributed by atoms with Gasteiger partial charge in [-0.1, -0.05) is 0 Å². The van der Waals surface area contributed by atoms with Crippen LogP contribution in [0.1, 0.15) is 37.0 Å². The summed E-state index contributed by atoms with van der Waals surface area (Å²) in [5, 5.41) is 3.06. The molecule has 1 fully saturated rings. The number of methoxy groups -OCH3 is 1. The molecule has 1 aliphatic heterocycles. The summed E-state index contributed by atoms with van der Waals surface area (Å²) in [4.78, 5) is 28.3. The Morgan fingerprint density at radius 3 is 2.25 bits per heavy atom. The number of rotatable bonds is 5. The van der Waals surface area contributed by atoms with Crippen molar-refractivity contribution in [3.05, 3.63) is 29.8 Å². The maximum absolute atomic E-state index is 12.3. The normalized spacial score (nSPS) is 15.0. The van der Waals surface area contributed by atoms with E-state index >= 15 is 0 Å². The van der Waals surface area contributed by atoms with Crippen molar-refractivity contribution in [2.75, 3.05) is 33.3 Å². The smallest absolute Gasteiger partial charge is 0.319 e. The Labute approximate surface area is 143 Å². The third kappa shape index (κ3) is 4.40. The van der Waals surface area contributed by atoms with E-state index in [9.17, 15) is 9.59 Å². The van der Waals surface area contributed by atoms with Gasteiger partial charge in [0.25, 0.3) is 5.91 Å². The maximum Gasteiger partial charge on any atom is 0.319 e. The highest BCUT2D eigenvalue weighted by Gasteiger charge is 2.26. The molecule has 0 saturated carbocycles. The Hall–Kier alpha value is -2.24. The number of ether oxygens (including phenoxy) is 1. The van der Waals surface area contributed by atoms with Crippen LogP contribution in [0.25, 0.3) is 0 Å². The van der Waals surface area contributed by atoms with Crippen molar-refractivity contribution in [3.8, 4) is 5.75 Å². The molecule has 0 aromatic heterocycles. The molecule has 1 aromatic rings. The third-order valence-electron chi connectivity index (χ3n) is 4.49. The highest BCUT2D eigenvalue weighted by Crippen LogP contribution is 2.15. The number of benzene rings is 1. The SMILES string of the molecule is CCN(CC)C(=O)N1CCC(NC(=O)c2ccc(OC)cc2)CC1. The molecule has 0 unspecified atom stereocenters. The van der Waals surface area contributed by atoms with Crippen LogP contribution in [0.2, 0.25) is 0 Å². The standard InChI is InChI=1S/C18H27N3O3/c1-4-20(5-2)18(23)21-12-10-15(11-13-21)19-17(22)14-6-8-16(24-3)9-7-14/h6-9,15H,4-5,10-13H2,1-3H3,(H,19,22). The minimum absolute atomic E-state index is 0.0776. The zero-order valence-corrected chi connectivity index (χ0v) is 14.7. The van der Waals surface area contributed by atoms with Gasteiger partial charge >= 0.3 is 6.03 Å². The molecule has 6 heteroatoms. The molecule has 0 aliphatic carbocycles. The molecule has 6 nitrogen and oxygen atoms in total. The average Bonchev–Trinajstić information content (AvgIpc) is 2.63. The molecule has 1 aliphatic rings. The van der Waals surface area contributed by atoms with Crippen molar-refractivity contribution in [2.45, 2.75) is 32.7 Å². The van der Waals surface area contributed by atoms with Gasteiger partial charge in [-0.25, -0.2) is 4.79 Å². The number of carbonyl (C=O) groups is 2. The van der Waals surface area contributed by atoms with Crippen molar-refractivity contribution >= 4 is 11.9 Å². The summed E-state index contributed by atoms with van der Waals surface area (Å²) in [6, 6.07) is 7.28. The minimum atomic E-state index is -0.0776. The number of piperidine rings is 1. The van der Waals surface area contributed by atoms with Gasteiger partial charge in [0.15, 0.2) is 0 Å². The summed E-state index contributed by atoms with van der Waals surface area (Å²) in [6.07, 6.45) is 1.57. The van der Waals surface area contributed by atoms with Crippen LogP contribution in [0, 0.1) is 0 Å². The molecular weight excluding hydrogens is 306 g/mol. The lowest BCUT2D eigenvalue weighted by Crippen LogP contribution is -2.50. The van der Waals surface area contributed by atoms with E-state index < -0.39 is 0 Å². The van der Waals surface area contributed by atoms with Gasteiger partial charge in [-0.15, -0.1) is 0 Å². The lowest BCUT2D eigenvalue weighted by Gasteiger charge is -2.35. The van der Waals surface area contributed by atoms with Crippen LogP contribution in [0.5, 0.6) is 5.75 Å². The molecule has 0 bridgehead atoms. The number of hydrogen-bond acceptors (Lipinski definition) is 3. The molecule has 0 atom stereocenters. The monoisotopic (exact) mass is 333 g/mol. The lowest BCUT2D eigenvalue weighted by atomic mass is 10.0. The molecular formula is C18H27N3O3. The summed E-state index contributed by atoms with van der Waals surface area (Å²) in [5.74, 6) is 0.654. The van der Waals surface area contributed by atoms with Gasteiger partial charge in [0, 0.05) is 37.8 Å². The number of likely N-dealkylation sites (tertiary alicyclic amines) is 1. The number of amides is 3. The predicted molar refractivity (Wildman–Crippen MR) is 93.4 cm³/mol. The Balaban J connectivity index is 1.83. The zero-order chi connectivity index (χ0) is 17.5. The van der Waals surface area contributed by atoms with Crippen LogP contribution >= 0.6 is 0 Å². The molecule has 3 amide bonds. The average molecular weight is 333 g/mol. The van der Waals surface area contributed by atoms with Crippen LogP contribution in [-0.4, -0.2) is 61.1 Å². The Bertz CT molecular complexity index is 547. The fourth-order valence-electron chi connectivity index (χ4n) is 2.92. The first-order valence-corrected chi connectivity index (χ1v) is 8.57. The van der Waals surface area contributed by atoms with Gasteiger partial charge in [0.1, 0.15) is 5.75 Å². The molecule has 1 aromatic carbocycles. The fourth-order valence-corrected chi connectivity index (χ4v) is 2.92. The summed E-state index contributed by atoms with van der Waals surface area (Å²) >= 11 is 0. The molecule has 0 radical (unpaired) electrons. The largest absolute Gasteiger partial charge is 0.497 e. The highest BCUT2D eigenvalue weighted by molar-refractivity contribution is 5.94. The van der Waals surface area contributed by atoms with E-state index in [-0.39, 0.29) is 18.0 Å². The molecule has 2 rings (SSSR count). The van der Waals surface area contributed by atoms with Crippen molar-refractivity contribution in [1.29, 1.82) is 0 Å². The minimum Gasteiger partial charge on any atom is -0.497 e. The Kier molecular flexibility index (Phi) is 6.46. The zero-order valence-electron chi connectivity index (χ0n) is 14.7. The van der Waals surface area contributed by atoms with Gasteiger partial charge in [-0.3, -0.25) is 4.79 Å². The van der Waals surface area contributed by atoms with E-state index in [0.717, 1.165) is 31.7 Å². The second kappa shape index (κ2) is 8.57. The number of nitrogens with one attached hydrogen (secondary N) is 1. The van der Waals surface area contributed by atoms with E-state index in [2.05, 4.69) is 5.32 Å². The first-order chi connectivity index (χ1) is 11.6. The fraction of sp³-hybridized carbons (Fsp3) is 0.556. The van der Waals surface area contributed by atoms with Crippen LogP contribution in [0.15, 0.2) is 24.3 Å². The summed E-state index contributed by atoms with van der Waals surface area (Å²) < 4.78 is 5.10. The van der Waals surface area contributed by atoms with Crippen molar-refractivity contribution in [3.63, 3.8) is 0 Å². The number of nitrogens with zero attached hydrogens (tertiary/aromatic N) is 2. The van der Waals surface area contributed by atoms with Gasteiger partial charge < -0.3 is 19.9 Å². The van der Waals surface area contributed by atoms with Gasteiger partial charge in [0.05, 0.1) is 7.11 Å². The molecule has 1 saturated heterocycles. The summed E-state index contributed by atoms with van der Waals surface area (Å²) in [6.45, 7) is 6.80. The molecule has 1 N–H and O–H groups in total. The van der Waals surface area contributed by atoms with Crippen LogP contribution < -0.4 is 10.1 Å². The third-order valence-corrected chi connectivity index (χ3v) is 4.49. The molecule has 24 heavy (non-hydrogen) atoms. The summed E-state index contributed by atoms with van der Waals surface area (Å²) in [5.41, 5.74) is 0.623. The number of carbonyl (C=O) groups excluding carboxylic acids is 2. The van der Waals surface area contributed by atoms with Gasteiger partial charge in [0.2, 0.25) is 0 Å². The first-order valence-electron chi connectivity index (χ1n) is 8.57. The van der Waals surface area contributed by atoms with Crippen molar-refractivity contribution < 1.29 is 14.3 Å². The highest BCUT2D eigenvalue weighted by atomic mass is 16.5. The van der Waals surface area contributed by atoms with Crippen LogP contribution in [0.3, 0.4) is 0 Å². The van der Waals surface area contributed by atoms with E-state index in [1.165, 1.54) is 0 Å². The summed E-state index contributed by atoms with van der Waals surface area (Å²) in [7, 11) is 1.60. The molecule has 132 valence electrons.